The van der Waals surface area contributed by atoms with Gasteiger partial charge in [0.05, 0.1) is 35.6 Å². The van der Waals surface area contributed by atoms with Crippen LogP contribution in [0.4, 0.5) is 20.3 Å². The summed E-state index contributed by atoms with van der Waals surface area (Å²) in [6.07, 6.45) is 1.51. The van der Waals surface area contributed by atoms with Crippen LogP contribution >= 0.6 is 0 Å². The van der Waals surface area contributed by atoms with Crippen molar-refractivity contribution in [2.24, 2.45) is 7.05 Å². The van der Waals surface area contributed by atoms with E-state index in [0.29, 0.717) is 28.9 Å². The lowest BCUT2D eigenvalue weighted by molar-refractivity contribution is -0.115. The number of anilines is 2. The Morgan fingerprint density at radius 2 is 2.05 bits per heavy atom. The van der Waals surface area contributed by atoms with Crippen molar-refractivity contribution in [3.63, 3.8) is 0 Å². The number of oxazole rings is 1. The summed E-state index contributed by atoms with van der Waals surface area (Å²) in [4.78, 5) is 24.6. The monoisotopic (exact) mass is 526 g/mol. The van der Waals surface area contributed by atoms with E-state index >= 15 is 0 Å². The highest BCUT2D eigenvalue weighted by Crippen LogP contribution is 2.39. The number of hydrogen-bond donors (Lipinski definition) is 3. The predicted molar refractivity (Wildman–Crippen MR) is 129 cm³/mol. The minimum Gasteiger partial charge on any atom is -0.435 e. The van der Waals surface area contributed by atoms with E-state index in [1.54, 1.807) is 26.1 Å². The van der Waals surface area contributed by atoms with Gasteiger partial charge in [0, 0.05) is 18.5 Å². The van der Waals surface area contributed by atoms with Crippen LogP contribution in [0.1, 0.15) is 59.5 Å². The highest BCUT2D eigenvalue weighted by molar-refractivity contribution is 6.02. The molecule has 198 valence electrons. The molecule has 4 heterocycles. The number of aryl methyl sites for hydroxylation is 2. The zero-order valence-electron chi connectivity index (χ0n) is 20.6. The molecule has 1 unspecified atom stereocenters. The van der Waals surface area contributed by atoms with Gasteiger partial charge in [-0.25, -0.2) is 24.0 Å². The lowest BCUT2D eigenvalue weighted by atomic mass is 10.2. The van der Waals surface area contributed by atoms with Gasteiger partial charge in [0.1, 0.15) is 5.82 Å². The Morgan fingerprint density at radius 1 is 1.26 bits per heavy atom. The Hall–Kier alpha value is -4.30. The zero-order chi connectivity index (χ0) is 27.0. The van der Waals surface area contributed by atoms with Gasteiger partial charge in [-0.3, -0.25) is 4.79 Å². The Bertz CT molecular complexity index is 1490. The van der Waals surface area contributed by atoms with E-state index in [4.69, 9.17) is 9.15 Å². The van der Waals surface area contributed by atoms with Crippen LogP contribution < -0.4 is 10.6 Å². The fraction of sp³-hybridized carbons (Fsp3) is 0.333. The third-order valence-electron chi connectivity index (χ3n) is 5.94. The third-order valence-corrected chi connectivity index (χ3v) is 5.94. The lowest BCUT2D eigenvalue weighted by Gasteiger charge is -2.20. The van der Waals surface area contributed by atoms with E-state index in [0.717, 1.165) is 25.1 Å². The molecule has 5 rings (SSSR count). The first-order valence-electron chi connectivity index (χ1n) is 11.8. The van der Waals surface area contributed by atoms with Gasteiger partial charge in [-0.2, -0.15) is 4.39 Å². The molecular weight excluding hydrogens is 502 g/mol. The minimum absolute atomic E-state index is 0.118. The molecule has 38 heavy (non-hydrogen) atoms. The molecule has 14 heteroatoms. The molecule has 0 radical (unpaired) electrons. The number of nitrogens with zero attached hydrogens (tertiary/aromatic N) is 6. The molecule has 4 aromatic heterocycles. The molecule has 3 N–H and O–H groups in total. The number of amides is 1. The van der Waals surface area contributed by atoms with Crippen molar-refractivity contribution in [2.45, 2.75) is 45.1 Å². The Kier molecular flexibility index (Phi) is 6.82. The molecule has 2 atom stereocenters. The van der Waals surface area contributed by atoms with Gasteiger partial charge >= 0.3 is 0 Å². The molecule has 0 bridgehead atoms. The molecule has 0 aliphatic heterocycles. The second-order valence-electron chi connectivity index (χ2n) is 8.84. The maximum absolute atomic E-state index is 14.0. The van der Waals surface area contributed by atoms with Gasteiger partial charge in [-0.05, 0) is 44.9 Å². The maximum Gasteiger partial charge on any atom is 0.293 e. The first-order valence-corrected chi connectivity index (χ1v) is 11.8. The van der Waals surface area contributed by atoms with E-state index in [-0.39, 0.29) is 22.8 Å². The van der Waals surface area contributed by atoms with Gasteiger partial charge in [0.2, 0.25) is 18.1 Å². The molecule has 1 aliphatic rings. The van der Waals surface area contributed by atoms with Crippen LogP contribution in [-0.2, 0) is 11.8 Å². The standard InChI is InChI=1S/C24H24F2N8O4/c1-11-16(30-22(35)18-10-28-23(38-18)13-4-5-13)6-7-17(29-11)19-21(34(3)33-32-19)31-24(36)37-12(2)15-8-14(25)9-27-20(15)26/h6-10,12-13,24,31,36H,4-5H2,1-3H3,(H,30,35)/t12-,24?/m1/s1. The quantitative estimate of drug-likeness (QED) is 0.218. The van der Waals surface area contributed by atoms with Gasteiger partial charge < -0.3 is 24.9 Å². The SMILES string of the molecule is Cc1nc(-c2nnn(C)c2NC(O)O[C@H](C)c2cc(F)cnc2F)ccc1NC(=O)c1cnc(C2CC2)o1. The first-order chi connectivity index (χ1) is 18.2. The first kappa shape index (κ1) is 25.4. The zero-order valence-corrected chi connectivity index (χ0v) is 20.6. The Morgan fingerprint density at radius 3 is 2.79 bits per heavy atom. The number of carbonyl (C=O) groups excluding carboxylic acids is 1. The van der Waals surface area contributed by atoms with Crippen LogP contribution in [0.2, 0.25) is 0 Å². The summed E-state index contributed by atoms with van der Waals surface area (Å²) in [5, 5.41) is 24.0. The highest BCUT2D eigenvalue weighted by Gasteiger charge is 2.29. The van der Waals surface area contributed by atoms with Gasteiger partial charge in [0.15, 0.2) is 17.4 Å². The van der Waals surface area contributed by atoms with E-state index in [1.165, 1.54) is 17.8 Å². The molecular formula is C24H24F2N8O4. The van der Waals surface area contributed by atoms with Crippen molar-refractivity contribution in [3.8, 4) is 11.4 Å². The number of aromatic nitrogens is 6. The summed E-state index contributed by atoms with van der Waals surface area (Å²) in [7, 11) is 1.58. The number of nitrogens with one attached hydrogen (secondary N) is 2. The number of ether oxygens (including phenoxy) is 1. The Balaban J connectivity index is 1.28. The fourth-order valence-corrected chi connectivity index (χ4v) is 3.75. The fourth-order valence-electron chi connectivity index (χ4n) is 3.75. The van der Waals surface area contributed by atoms with Gasteiger partial charge in [-0.1, -0.05) is 5.21 Å². The number of aliphatic hydroxyl groups is 1. The predicted octanol–water partition coefficient (Wildman–Crippen LogP) is 3.44. The number of carbonyl (C=O) groups is 1. The van der Waals surface area contributed by atoms with E-state index in [2.05, 4.69) is 35.9 Å². The number of aliphatic hydroxyl groups excluding tert-OH is 1. The highest BCUT2D eigenvalue weighted by atomic mass is 19.1. The van der Waals surface area contributed by atoms with Gasteiger partial charge in [0.25, 0.3) is 5.91 Å². The van der Waals surface area contributed by atoms with Crippen molar-refractivity contribution in [3.05, 3.63) is 65.3 Å². The van der Waals surface area contributed by atoms with Crippen molar-refractivity contribution in [2.75, 3.05) is 10.6 Å². The van der Waals surface area contributed by atoms with Crippen molar-refractivity contribution in [1.82, 2.24) is 29.9 Å². The van der Waals surface area contributed by atoms with E-state index < -0.39 is 30.2 Å². The van der Waals surface area contributed by atoms with Crippen molar-refractivity contribution < 1.29 is 27.8 Å². The average molecular weight is 527 g/mol. The van der Waals surface area contributed by atoms with Crippen LogP contribution in [0.5, 0.6) is 0 Å². The van der Waals surface area contributed by atoms with Crippen LogP contribution in [-0.4, -0.2) is 47.4 Å². The van der Waals surface area contributed by atoms with Gasteiger partial charge in [-0.15, -0.1) is 5.10 Å². The third kappa shape index (κ3) is 5.35. The lowest BCUT2D eigenvalue weighted by Crippen LogP contribution is -2.26. The molecule has 1 aliphatic carbocycles. The molecule has 0 saturated heterocycles. The van der Waals surface area contributed by atoms with E-state index in [1.807, 2.05) is 0 Å². The number of hydrogen-bond acceptors (Lipinski definition) is 10. The largest absolute Gasteiger partial charge is 0.435 e. The summed E-state index contributed by atoms with van der Waals surface area (Å²) >= 11 is 0. The summed E-state index contributed by atoms with van der Waals surface area (Å²) < 4.78 is 39.7. The molecule has 0 spiro atoms. The summed E-state index contributed by atoms with van der Waals surface area (Å²) in [6.45, 7) is 3.15. The maximum atomic E-state index is 14.0. The summed E-state index contributed by atoms with van der Waals surface area (Å²) in [6, 6.07) is 4.22. The van der Waals surface area contributed by atoms with Crippen LogP contribution in [0, 0.1) is 18.7 Å². The number of rotatable bonds is 9. The Labute approximate surface area is 215 Å². The molecule has 1 saturated carbocycles. The van der Waals surface area contributed by atoms with E-state index in [9.17, 15) is 18.7 Å². The molecule has 0 aromatic carbocycles. The number of halogens is 2. The smallest absolute Gasteiger partial charge is 0.293 e. The topological polar surface area (TPSA) is 153 Å². The summed E-state index contributed by atoms with van der Waals surface area (Å²) in [5.74, 6) is -0.853. The molecule has 4 aromatic rings. The van der Waals surface area contributed by atoms with Crippen LogP contribution in [0.15, 0.2) is 35.0 Å². The van der Waals surface area contributed by atoms with Crippen LogP contribution in [0.25, 0.3) is 11.4 Å². The second kappa shape index (κ2) is 10.2. The average Bonchev–Trinajstić information content (AvgIpc) is 3.50. The molecule has 1 fully saturated rings. The second-order valence-corrected chi connectivity index (χ2v) is 8.84. The van der Waals surface area contributed by atoms with Crippen molar-refractivity contribution >= 4 is 17.4 Å². The molecule has 1 amide bonds. The summed E-state index contributed by atoms with van der Waals surface area (Å²) in [5.41, 5.74) is 1.48. The van der Waals surface area contributed by atoms with Crippen molar-refractivity contribution in [1.29, 1.82) is 0 Å². The minimum atomic E-state index is -1.63. The molecule has 12 nitrogen and oxygen atoms in total. The van der Waals surface area contributed by atoms with Crippen LogP contribution in [0.3, 0.4) is 0 Å². The number of pyridine rings is 2. The normalized spacial score (nSPS) is 14.8.